The van der Waals surface area contributed by atoms with E-state index < -0.39 is 5.82 Å². The van der Waals surface area contributed by atoms with E-state index in [0.717, 1.165) is 36.6 Å². The van der Waals surface area contributed by atoms with Gasteiger partial charge >= 0.3 is 0 Å². The molecule has 0 spiro atoms. The van der Waals surface area contributed by atoms with Gasteiger partial charge in [-0.15, -0.1) is 0 Å². The smallest absolute Gasteiger partial charge is 0.219 e. The third-order valence-electron chi connectivity index (χ3n) is 5.98. The fraction of sp³-hybridized carbons (Fsp3) is 0.375. The maximum atomic E-state index is 13.4. The first-order valence-corrected chi connectivity index (χ1v) is 11.2. The Balaban J connectivity index is 1.45. The standard InChI is InChI=1S/C24H26ClFN4O3/c1-15(31)30(2)18-4-6-19(7-5-18)33-24-9-16-12-27-13-28-22(16)11-23(24)32-14-29-17-3-8-21(26)20(25)10-17/h3,8-13,18-19,29H,4-7,14H2,1-2H3. The SMILES string of the molecule is CC(=O)N(C)C1CCC(Oc2cc3cncnc3cc2OCNc2ccc(F)c(Cl)c2)CC1. The van der Waals surface area contributed by atoms with Gasteiger partial charge in [-0.1, -0.05) is 11.6 Å². The molecule has 174 valence electrons. The minimum absolute atomic E-state index is 0.0231. The van der Waals surface area contributed by atoms with E-state index in [-0.39, 0.29) is 29.8 Å². The van der Waals surface area contributed by atoms with Crippen molar-refractivity contribution in [1.29, 1.82) is 0 Å². The van der Waals surface area contributed by atoms with Gasteiger partial charge in [-0.05, 0) is 49.9 Å². The van der Waals surface area contributed by atoms with E-state index in [9.17, 15) is 9.18 Å². The van der Waals surface area contributed by atoms with Crippen LogP contribution in [-0.2, 0) is 4.79 Å². The van der Waals surface area contributed by atoms with Crippen molar-refractivity contribution in [2.24, 2.45) is 0 Å². The fourth-order valence-electron chi connectivity index (χ4n) is 3.98. The van der Waals surface area contributed by atoms with Gasteiger partial charge in [-0.2, -0.15) is 0 Å². The summed E-state index contributed by atoms with van der Waals surface area (Å²) in [7, 11) is 1.85. The molecule has 7 nitrogen and oxygen atoms in total. The minimum Gasteiger partial charge on any atom is -0.487 e. The summed E-state index contributed by atoms with van der Waals surface area (Å²) in [6.45, 7) is 1.72. The Morgan fingerprint density at radius 3 is 2.73 bits per heavy atom. The molecular weight excluding hydrogens is 447 g/mol. The van der Waals surface area contributed by atoms with Crippen LogP contribution >= 0.6 is 11.6 Å². The van der Waals surface area contributed by atoms with Crippen LogP contribution in [0.25, 0.3) is 10.9 Å². The highest BCUT2D eigenvalue weighted by Crippen LogP contribution is 2.35. The lowest BCUT2D eigenvalue weighted by Gasteiger charge is -2.34. The van der Waals surface area contributed by atoms with Crippen LogP contribution in [-0.4, -0.2) is 46.7 Å². The second-order valence-corrected chi connectivity index (χ2v) is 8.56. The summed E-state index contributed by atoms with van der Waals surface area (Å²) in [4.78, 5) is 21.9. The third kappa shape index (κ3) is 5.63. The number of hydrogen-bond donors (Lipinski definition) is 1. The second kappa shape index (κ2) is 10.2. The lowest BCUT2D eigenvalue weighted by atomic mass is 9.92. The van der Waals surface area contributed by atoms with Crippen molar-refractivity contribution >= 4 is 34.1 Å². The summed E-state index contributed by atoms with van der Waals surface area (Å²) in [5.41, 5.74) is 1.38. The number of halogens is 2. The molecule has 3 aromatic rings. The number of nitrogens with one attached hydrogen (secondary N) is 1. The molecule has 1 aliphatic rings. The average molecular weight is 473 g/mol. The molecule has 1 fully saturated rings. The summed E-state index contributed by atoms with van der Waals surface area (Å²) in [6, 6.07) is 8.34. The van der Waals surface area contributed by atoms with Crippen LogP contribution in [0.3, 0.4) is 0 Å². The van der Waals surface area contributed by atoms with Crippen LogP contribution in [0.15, 0.2) is 42.9 Å². The minimum atomic E-state index is -0.475. The zero-order valence-electron chi connectivity index (χ0n) is 18.6. The van der Waals surface area contributed by atoms with E-state index in [4.69, 9.17) is 21.1 Å². The van der Waals surface area contributed by atoms with E-state index in [0.29, 0.717) is 17.2 Å². The maximum Gasteiger partial charge on any atom is 0.219 e. The molecule has 2 aromatic carbocycles. The number of fused-ring (bicyclic) bond motifs is 1. The number of ether oxygens (including phenoxy) is 2. The number of rotatable bonds is 7. The Hall–Kier alpha value is -3.13. The molecule has 0 saturated heterocycles. The first-order valence-electron chi connectivity index (χ1n) is 10.9. The quantitative estimate of drug-likeness (QED) is 0.485. The Bertz CT molecular complexity index is 1140. The Labute approximate surface area is 196 Å². The van der Waals surface area contributed by atoms with Gasteiger partial charge in [-0.25, -0.2) is 14.4 Å². The molecule has 33 heavy (non-hydrogen) atoms. The topological polar surface area (TPSA) is 76.6 Å². The summed E-state index contributed by atoms with van der Waals surface area (Å²) in [6.07, 6.45) is 6.71. The summed E-state index contributed by atoms with van der Waals surface area (Å²) in [5, 5.41) is 3.96. The van der Waals surface area contributed by atoms with Crippen molar-refractivity contribution in [2.45, 2.75) is 44.8 Å². The molecule has 1 aliphatic carbocycles. The van der Waals surface area contributed by atoms with Gasteiger partial charge < -0.3 is 19.7 Å². The molecular formula is C24H26ClFN4O3. The zero-order chi connectivity index (χ0) is 23.4. The number of anilines is 1. The lowest BCUT2D eigenvalue weighted by Crippen LogP contribution is -2.40. The molecule has 1 N–H and O–H groups in total. The highest BCUT2D eigenvalue weighted by Gasteiger charge is 2.27. The lowest BCUT2D eigenvalue weighted by molar-refractivity contribution is -0.130. The number of amides is 1. The van der Waals surface area contributed by atoms with Crippen LogP contribution < -0.4 is 14.8 Å². The Morgan fingerprint density at radius 1 is 1.21 bits per heavy atom. The molecule has 0 bridgehead atoms. The molecule has 1 amide bonds. The number of hydrogen-bond acceptors (Lipinski definition) is 6. The molecule has 1 saturated carbocycles. The van der Waals surface area contributed by atoms with Crippen molar-refractivity contribution < 1.29 is 18.7 Å². The summed E-state index contributed by atoms with van der Waals surface area (Å²) >= 11 is 5.84. The van der Waals surface area contributed by atoms with Gasteiger partial charge in [0.15, 0.2) is 18.2 Å². The maximum absolute atomic E-state index is 13.4. The molecule has 0 unspecified atom stereocenters. The van der Waals surface area contributed by atoms with Crippen molar-refractivity contribution in [3.63, 3.8) is 0 Å². The highest BCUT2D eigenvalue weighted by atomic mass is 35.5. The van der Waals surface area contributed by atoms with E-state index in [1.165, 1.54) is 18.5 Å². The highest BCUT2D eigenvalue weighted by molar-refractivity contribution is 6.31. The van der Waals surface area contributed by atoms with Crippen LogP contribution in [0.5, 0.6) is 11.5 Å². The van der Waals surface area contributed by atoms with Gasteiger partial charge in [0.05, 0.1) is 16.6 Å². The monoisotopic (exact) mass is 472 g/mol. The van der Waals surface area contributed by atoms with Gasteiger partial charge in [-0.3, -0.25) is 4.79 Å². The number of nitrogens with zero attached hydrogens (tertiary/aromatic N) is 3. The molecule has 9 heteroatoms. The van der Waals surface area contributed by atoms with Gasteiger partial charge in [0.25, 0.3) is 0 Å². The molecule has 4 rings (SSSR count). The molecule has 0 aliphatic heterocycles. The van der Waals surface area contributed by atoms with Gasteiger partial charge in [0, 0.05) is 43.4 Å². The van der Waals surface area contributed by atoms with E-state index in [1.54, 1.807) is 19.2 Å². The van der Waals surface area contributed by atoms with Gasteiger partial charge in [0.1, 0.15) is 12.1 Å². The molecule has 0 radical (unpaired) electrons. The normalized spacial score (nSPS) is 18.1. The largest absolute Gasteiger partial charge is 0.487 e. The van der Waals surface area contributed by atoms with Crippen molar-refractivity contribution in [3.05, 3.63) is 53.7 Å². The predicted octanol–water partition coefficient (Wildman–Crippen LogP) is 5.04. The number of aromatic nitrogens is 2. The first-order chi connectivity index (χ1) is 15.9. The zero-order valence-corrected chi connectivity index (χ0v) is 19.3. The molecule has 0 atom stereocenters. The van der Waals surface area contributed by atoms with Gasteiger partial charge in [0.2, 0.25) is 5.91 Å². The number of carbonyl (C=O) groups is 1. The Morgan fingerprint density at radius 2 is 2.00 bits per heavy atom. The summed E-state index contributed by atoms with van der Waals surface area (Å²) < 4.78 is 25.7. The second-order valence-electron chi connectivity index (χ2n) is 8.15. The van der Waals surface area contributed by atoms with E-state index in [1.807, 2.05) is 24.1 Å². The molecule has 1 heterocycles. The number of benzene rings is 2. The first kappa shape index (κ1) is 23.0. The predicted molar refractivity (Wildman–Crippen MR) is 125 cm³/mol. The molecule has 1 aromatic heterocycles. The van der Waals surface area contributed by atoms with Crippen LogP contribution in [0, 0.1) is 5.82 Å². The van der Waals surface area contributed by atoms with E-state index in [2.05, 4.69) is 15.3 Å². The number of carbonyl (C=O) groups excluding carboxylic acids is 1. The average Bonchev–Trinajstić information content (AvgIpc) is 2.81. The van der Waals surface area contributed by atoms with Crippen LogP contribution in [0.1, 0.15) is 32.6 Å². The van der Waals surface area contributed by atoms with Crippen molar-refractivity contribution in [1.82, 2.24) is 14.9 Å². The van der Waals surface area contributed by atoms with Crippen molar-refractivity contribution in [3.8, 4) is 11.5 Å². The van der Waals surface area contributed by atoms with Crippen molar-refractivity contribution in [2.75, 3.05) is 19.1 Å². The summed E-state index contributed by atoms with van der Waals surface area (Å²) in [5.74, 6) is 0.765. The fourth-order valence-corrected chi connectivity index (χ4v) is 4.17. The van der Waals surface area contributed by atoms with Crippen LogP contribution in [0.4, 0.5) is 10.1 Å². The third-order valence-corrected chi connectivity index (χ3v) is 6.27. The Kier molecular flexibility index (Phi) is 7.13. The van der Waals surface area contributed by atoms with E-state index >= 15 is 0 Å². The van der Waals surface area contributed by atoms with Crippen LogP contribution in [0.2, 0.25) is 5.02 Å².